The van der Waals surface area contributed by atoms with E-state index >= 15 is 0 Å². The number of nitrogens with zero attached hydrogens (tertiary/aromatic N) is 1. The number of unbranched alkanes of at least 4 members (excludes halogenated alkanes) is 9. The molecule has 0 bridgehead atoms. The number of rotatable bonds is 13. The highest BCUT2D eigenvalue weighted by Crippen LogP contribution is 2.31. The van der Waals surface area contributed by atoms with Crippen LogP contribution in [0.3, 0.4) is 0 Å². The number of ether oxygens (including phenoxy) is 1. The zero-order valence-electron chi connectivity index (χ0n) is 17.9. The lowest BCUT2D eigenvalue weighted by molar-refractivity contribution is -0.260. The van der Waals surface area contributed by atoms with E-state index in [2.05, 4.69) is 6.92 Å². The highest BCUT2D eigenvalue weighted by molar-refractivity contribution is 5.81. The smallest absolute Gasteiger partial charge is 0.227 e. The molecule has 0 aromatic heterocycles. The van der Waals surface area contributed by atoms with Gasteiger partial charge in [-0.05, 0) is 12.8 Å². The number of hydrogen-bond acceptors (Lipinski definition) is 6. The molecule has 6 atom stereocenters. The molecule has 2 heterocycles. The van der Waals surface area contributed by atoms with Crippen LogP contribution in [0.15, 0.2) is 0 Å². The molecule has 2 saturated heterocycles. The maximum absolute atomic E-state index is 12.8. The van der Waals surface area contributed by atoms with Gasteiger partial charge in [0.05, 0.1) is 6.61 Å². The summed E-state index contributed by atoms with van der Waals surface area (Å²) in [5.41, 5.74) is 0. The number of carbonyl (C=O) groups excluding carboxylic acids is 1. The van der Waals surface area contributed by atoms with Gasteiger partial charge in [-0.15, -0.1) is 0 Å². The molecule has 170 valence electrons. The summed E-state index contributed by atoms with van der Waals surface area (Å²) in [7, 11) is 0. The van der Waals surface area contributed by atoms with Crippen molar-refractivity contribution in [3.05, 3.63) is 0 Å². The van der Waals surface area contributed by atoms with Gasteiger partial charge in [-0.1, -0.05) is 71.1 Å². The molecular formula is C22H41NO6. The Morgan fingerprint density at radius 1 is 0.897 bits per heavy atom. The minimum Gasteiger partial charge on any atom is -0.394 e. The zero-order valence-corrected chi connectivity index (χ0v) is 17.9. The molecule has 0 aliphatic carbocycles. The zero-order chi connectivity index (χ0) is 21.2. The van der Waals surface area contributed by atoms with Crippen LogP contribution in [0.5, 0.6) is 0 Å². The molecule has 1 unspecified atom stereocenters. The number of likely N-dealkylation sites (tertiary alicyclic amines) is 1. The van der Waals surface area contributed by atoms with E-state index in [1.807, 2.05) is 0 Å². The fraction of sp³-hybridized carbons (Fsp3) is 0.955. The van der Waals surface area contributed by atoms with Crippen LogP contribution < -0.4 is 0 Å². The lowest BCUT2D eigenvalue weighted by Crippen LogP contribution is -2.63. The molecule has 0 radical (unpaired) electrons. The van der Waals surface area contributed by atoms with E-state index in [0.717, 1.165) is 19.3 Å². The second-order valence-corrected chi connectivity index (χ2v) is 8.71. The lowest BCUT2D eigenvalue weighted by atomic mass is 9.97. The van der Waals surface area contributed by atoms with Crippen LogP contribution in [0.4, 0.5) is 0 Å². The first-order valence-electron chi connectivity index (χ1n) is 11.6. The standard InChI is InChI=1S/C22H41NO6/c1-2-3-4-5-6-7-8-9-10-11-12-16-13-14-23(21(16)28)22-20(27)19(26)18(25)17(15-24)29-22/h16-20,22,24-27H,2-15H2,1H3/t16?,17-,18-,19+,20-,22-/m1/s1. The minimum absolute atomic E-state index is 0.0646. The molecule has 2 rings (SSSR count). The van der Waals surface area contributed by atoms with Crippen LogP contribution in [0, 0.1) is 5.92 Å². The van der Waals surface area contributed by atoms with Crippen molar-refractivity contribution >= 4 is 5.91 Å². The number of hydrogen-bond donors (Lipinski definition) is 4. The molecule has 0 aromatic carbocycles. The Balaban J connectivity index is 1.65. The summed E-state index contributed by atoms with van der Waals surface area (Å²) >= 11 is 0. The topological polar surface area (TPSA) is 110 Å². The van der Waals surface area contributed by atoms with Crippen molar-refractivity contribution in [2.24, 2.45) is 5.92 Å². The van der Waals surface area contributed by atoms with Crippen LogP contribution >= 0.6 is 0 Å². The van der Waals surface area contributed by atoms with E-state index in [1.165, 1.54) is 56.3 Å². The summed E-state index contributed by atoms with van der Waals surface area (Å²) in [5, 5.41) is 39.4. The highest BCUT2D eigenvalue weighted by atomic mass is 16.6. The molecule has 0 saturated carbocycles. The molecular weight excluding hydrogens is 374 g/mol. The molecule has 4 N–H and O–H groups in total. The van der Waals surface area contributed by atoms with Crippen molar-refractivity contribution in [1.82, 2.24) is 4.90 Å². The van der Waals surface area contributed by atoms with Gasteiger partial charge in [0, 0.05) is 12.5 Å². The number of aliphatic hydroxyl groups excluding tert-OH is 4. The Bertz CT molecular complexity index is 474. The summed E-state index contributed by atoms with van der Waals surface area (Å²) in [4.78, 5) is 14.2. The van der Waals surface area contributed by atoms with Gasteiger partial charge < -0.3 is 30.1 Å². The average Bonchev–Trinajstić information content (AvgIpc) is 3.08. The summed E-state index contributed by atoms with van der Waals surface area (Å²) < 4.78 is 5.53. The minimum atomic E-state index is -1.44. The summed E-state index contributed by atoms with van der Waals surface area (Å²) in [6.07, 6.45) is 7.93. The van der Waals surface area contributed by atoms with Crippen molar-refractivity contribution < 1.29 is 30.0 Å². The van der Waals surface area contributed by atoms with Crippen LogP contribution in [0.2, 0.25) is 0 Å². The maximum Gasteiger partial charge on any atom is 0.227 e. The predicted octanol–water partition coefficient (Wildman–Crippen LogP) is 1.95. The predicted molar refractivity (Wildman–Crippen MR) is 110 cm³/mol. The molecule has 2 fully saturated rings. The Morgan fingerprint density at radius 3 is 2.07 bits per heavy atom. The Kier molecular flexibility index (Phi) is 10.9. The molecule has 2 aliphatic rings. The van der Waals surface area contributed by atoms with Crippen molar-refractivity contribution in [2.75, 3.05) is 13.2 Å². The maximum atomic E-state index is 12.8. The fourth-order valence-electron chi connectivity index (χ4n) is 4.50. The Labute approximate surface area is 175 Å². The molecule has 29 heavy (non-hydrogen) atoms. The van der Waals surface area contributed by atoms with Crippen molar-refractivity contribution in [1.29, 1.82) is 0 Å². The average molecular weight is 416 g/mol. The van der Waals surface area contributed by atoms with Crippen LogP contribution in [0.25, 0.3) is 0 Å². The van der Waals surface area contributed by atoms with Gasteiger partial charge in [-0.3, -0.25) is 4.79 Å². The Hall–Kier alpha value is -0.730. The molecule has 0 spiro atoms. The number of carbonyl (C=O) groups is 1. The van der Waals surface area contributed by atoms with Gasteiger partial charge in [-0.2, -0.15) is 0 Å². The Morgan fingerprint density at radius 2 is 1.48 bits per heavy atom. The van der Waals surface area contributed by atoms with Gasteiger partial charge in [0.2, 0.25) is 5.91 Å². The third-order valence-corrected chi connectivity index (χ3v) is 6.43. The normalized spacial score (nSPS) is 32.9. The first-order valence-corrected chi connectivity index (χ1v) is 11.6. The van der Waals surface area contributed by atoms with E-state index in [9.17, 15) is 25.2 Å². The van der Waals surface area contributed by atoms with Crippen molar-refractivity contribution in [3.63, 3.8) is 0 Å². The van der Waals surface area contributed by atoms with E-state index < -0.39 is 37.3 Å². The van der Waals surface area contributed by atoms with Gasteiger partial charge >= 0.3 is 0 Å². The van der Waals surface area contributed by atoms with Gasteiger partial charge in [0.1, 0.15) is 24.4 Å². The quantitative estimate of drug-likeness (QED) is 0.342. The van der Waals surface area contributed by atoms with E-state index in [4.69, 9.17) is 4.74 Å². The van der Waals surface area contributed by atoms with E-state index in [0.29, 0.717) is 13.0 Å². The van der Waals surface area contributed by atoms with Gasteiger partial charge in [0.25, 0.3) is 0 Å². The van der Waals surface area contributed by atoms with Crippen LogP contribution in [-0.2, 0) is 9.53 Å². The highest BCUT2D eigenvalue weighted by Gasteiger charge is 2.49. The first kappa shape index (κ1) is 24.5. The molecule has 1 amide bonds. The van der Waals surface area contributed by atoms with Gasteiger partial charge in [-0.25, -0.2) is 0 Å². The fourth-order valence-corrected chi connectivity index (χ4v) is 4.50. The van der Waals surface area contributed by atoms with E-state index in [1.54, 1.807) is 0 Å². The monoisotopic (exact) mass is 415 g/mol. The second-order valence-electron chi connectivity index (χ2n) is 8.71. The number of amides is 1. The largest absolute Gasteiger partial charge is 0.394 e. The first-order chi connectivity index (χ1) is 14.0. The molecule has 7 nitrogen and oxygen atoms in total. The SMILES string of the molecule is CCCCCCCCCCCCC1CCN([C@@H]2O[C@H](CO)[C@@H](O)[C@H](O)[C@H]2O)C1=O. The van der Waals surface area contributed by atoms with Crippen LogP contribution in [0.1, 0.15) is 84.0 Å². The lowest BCUT2D eigenvalue weighted by Gasteiger charge is -2.43. The van der Waals surface area contributed by atoms with Crippen molar-refractivity contribution in [3.8, 4) is 0 Å². The number of aliphatic hydroxyl groups is 4. The third-order valence-electron chi connectivity index (χ3n) is 6.43. The molecule has 2 aliphatic heterocycles. The van der Waals surface area contributed by atoms with Crippen LogP contribution in [-0.4, -0.2) is 75.0 Å². The summed E-state index contributed by atoms with van der Waals surface area (Å²) in [5.74, 6) is -0.137. The second kappa shape index (κ2) is 12.8. The summed E-state index contributed by atoms with van der Waals surface area (Å²) in [6.45, 7) is 2.22. The molecule has 0 aromatic rings. The summed E-state index contributed by atoms with van der Waals surface area (Å²) in [6, 6.07) is 0. The van der Waals surface area contributed by atoms with E-state index in [-0.39, 0.29) is 11.8 Å². The third kappa shape index (κ3) is 6.89. The van der Waals surface area contributed by atoms with Crippen molar-refractivity contribution in [2.45, 2.75) is 115 Å². The molecule has 7 heteroatoms. The van der Waals surface area contributed by atoms with Gasteiger partial charge in [0.15, 0.2) is 6.23 Å².